The normalized spacial score (nSPS) is 18.2. The highest BCUT2D eigenvalue weighted by Gasteiger charge is 2.31. The third-order valence-electron chi connectivity index (χ3n) is 9.84. The number of pyridine rings is 1. The van der Waals surface area contributed by atoms with Gasteiger partial charge in [-0.15, -0.1) is 0 Å². The van der Waals surface area contributed by atoms with Crippen LogP contribution in [0.1, 0.15) is 75.4 Å². The summed E-state index contributed by atoms with van der Waals surface area (Å²) in [7, 11) is 0. The Kier molecular flexibility index (Phi) is 8.21. The second-order valence-corrected chi connectivity index (χ2v) is 13.5. The van der Waals surface area contributed by atoms with Crippen LogP contribution in [0.3, 0.4) is 0 Å². The number of para-hydroxylation sites is 1. The number of unbranched alkanes of at least 4 members (excludes halogenated alkanes) is 1. The number of aryl methyl sites for hydroxylation is 2. The lowest BCUT2D eigenvalue weighted by atomic mass is 9.72. The number of aromatic nitrogens is 4. The molecule has 6 aromatic rings. The molecule has 0 aliphatic heterocycles. The van der Waals surface area contributed by atoms with Gasteiger partial charge in [0.25, 0.3) is 0 Å². The molecule has 240 valence electrons. The molecule has 0 amide bonds. The second kappa shape index (κ2) is 12.5. The fraction of sp³-hybridized carbons (Fsp3) is 0.317. The predicted molar refractivity (Wildman–Crippen MR) is 190 cm³/mol. The molecule has 3 atom stereocenters. The molecule has 3 aromatic heterocycles. The number of nitrogens with zero attached hydrogens (tertiary/aromatic N) is 4. The number of ether oxygens (including phenoxy) is 1. The number of rotatable bonds is 8. The van der Waals surface area contributed by atoms with Gasteiger partial charge in [-0.1, -0.05) is 57.0 Å². The fourth-order valence-corrected chi connectivity index (χ4v) is 7.92. The summed E-state index contributed by atoms with van der Waals surface area (Å²) in [5.41, 5.74) is 9.19. The Labute approximate surface area is 276 Å². The third kappa shape index (κ3) is 5.75. The zero-order valence-corrected chi connectivity index (χ0v) is 28.2. The van der Waals surface area contributed by atoms with E-state index in [2.05, 4.69) is 87.6 Å². The topological polar surface area (TPSA) is 44.9 Å². The molecule has 0 radical (unpaired) electrons. The summed E-state index contributed by atoms with van der Waals surface area (Å²) in [5.74, 6) is 3.23. The summed E-state index contributed by atoms with van der Waals surface area (Å²) in [6.45, 7) is 13.6. The standard InChI is InChI=1S/C41H43FN4O/c1-7-8-11-30-20-32(46-29(6)41(28(5)44-46)40-26(3)18-25(2)19-27(40)4)23-34(21-30)47-33-14-15-36-35-12-9-10-13-37(35)45(38(36)24-33)39-22-31(42)16-17-43-39/h9-10,12-18,20-25,27,40H,7-8,11,19H2,1-6H3/t25?,27-,40+/m0/s1. The van der Waals surface area contributed by atoms with Crippen molar-refractivity contribution < 1.29 is 9.13 Å². The summed E-state index contributed by atoms with van der Waals surface area (Å²) in [5, 5.41) is 7.26. The van der Waals surface area contributed by atoms with E-state index in [1.54, 1.807) is 0 Å². The molecular formula is C41H43FN4O. The van der Waals surface area contributed by atoms with Crippen LogP contribution in [-0.2, 0) is 6.42 Å². The maximum Gasteiger partial charge on any atom is 0.140 e. The maximum absolute atomic E-state index is 14.4. The Bertz CT molecular complexity index is 2140. The summed E-state index contributed by atoms with van der Waals surface area (Å²) in [6.07, 6.45) is 8.31. The van der Waals surface area contributed by atoms with Gasteiger partial charge >= 0.3 is 0 Å². The second-order valence-electron chi connectivity index (χ2n) is 13.5. The van der Waals surface area contributed by atoms with Crippen LogP contribution in [0.25, 0.3) is 33.3 Å². The highest BCUT2D eigenvalue weighted by Crippen LogP contribution is 2.43. The van der Waals surface area contributed by atoms with E-state index in [9.17, 15) is 4.39 Å². The minimum atomic E-state index is -0.323. The minimum Gasteiger partial charge on any atom is -0.457 e. The van der Waals surface area contributed by atoms with Crippen LogP contribution in [0.2, 0.25) is 0 Å². The fourth-order valence-electron chi connectivity index (χ4n) is 7.92. The number of fused-ring (bicyclic) bond motifs is 3. The van der Waals surface area contributed by atoms with Gasteiger partial charge in [-0.2, -0.15) is 5.10 Å². The van der Waals surface area contributed by atoms with Crippen molar-refractivity contribution in [2.24, 2.45) is 11.8 Å². The lowest BCUT2D eigenvalue weighted by Crippen LogP contribution is -2.20. The van der Waals surface area contributed by atoms with E-state index in [1.165, 1.54) is 47.1 Å². The number of hydrogen-bond acceptors (Lipinski definition) is 3. The van der Waals surface area contributed by atoms with E-state index >= 15 is 0 Å². The van der Waals surface area contributed by atoms with Crippen LogP contribution in [0.4, 0.5) is 4.39 Å². The van der Waals surface area contributed by atoms with E-state index in [0.29, 0.717) is 29.3 Å². The molecule has 3 heterocycles. The summed E-state index contributed by atoms with van der Waals surface area (Å²) in [6, 6.07) is 23.6. The Balaban J connectivity index is 1.31. The van der Waals surface area contributed by atoms with Gasteiger partial charge in [0, 0.05) is 52.3 Å². The highest BCUT2D eigenvalue weighted by molar-refractivity contribution is 6.09. The first-order chi connectivity index (χ1) is 22.7. The monoisotopic (exact) mass is 626 g/mol. The number of benzene rings is 3. The van der Waals surface area contributed by atoms with Crippen molar-refractivity contribution in [1.29, 1.82) is 0 Å². The average molecular weight is 627 g/mol. The first kappa shape index (κ1) is 30.9. The van der Waals surface area contributed by atoms with E-state index in [-0.39, 0.29) is 5.82 Å². The molecule has 7 rings (SSSR count). The molecule has 5 nitrogen and oxygen atoms in total. The molecule has 0 spiro atoms. The van der Waals surface area contributed by atoms with Gasteiger partial charge < -0.3 is 4.74 Å². The molecule has 0 saturated heterocycles. The Morgan fingerprint density at radius 3 is 2.49 bits per heavy atom. The Morgan fingerprint density at radius 1 is 0.894 bits per heavy atom. The minimum absolute atomic E-state index is 0.323. The van der Waals surface area contributed by atoms with Crippen molar-refractivity contribution in [1.82, 2.24) is 19.3 Å². The zero-order valence-electron chi connectivity index (χ0n) is 28.2. The quantitative estimate of drug-likeness (QED) is 0.158. The molecule has 0 bridgehead atoms. The van der Waals surface area contributed by atoms with Gasteiger partial charge in [0.1, 0.15) is 23.1 Å². The largest absolute Gasteiger partial charge is 0.457 e. The van der Waals surface area contributed by atoms with Crippen molar-refractivity contribution >= 4 is 21.8 Å². The van der Waals surface area contributed by atoms with Gasteiger partial charge in [-0.25, -0.2) is 14.1 Å². The van der Waals surface area contributed by atoms with Crippen molar-refractivity contribution in [2.75, 3.05) is 0 Å². The number of allylic oxidation sites excluding steroid dienone is 2. The smallest absolute Gasteiger partial charge is 0.140 e. The molecule has 47 heavy (non-hydrogen) atoms. The van der Waals surface area contributed by atoms with Crippen LogP contribution < -0.4 is 4.74 Å². The molecule has 1 aliphatic rings. The van der Waals surface area contributed by atoms with Crippen LogP contribution in [-0.4, -0.2) is 19.3 Å². The Morgan fingerprint density at radius 2 is 1.70 bits per heavy atom. The Hall–Kier alpha value is -4.71. The summed E-state index contributed by atoms with van der Waals surface area (Å²) >= 11 is 0. The molecule has 0 fully saturated rings. The first-order valence-electron chi connectivity index (χ1n) is 16.9. The lowest BCUT2D eigenvalue weighted by Gasteiger charge is -2.32. The van der Waals surface area contributed by atoms with Crippen molar-refractivity contribution in [3.63, 3.8) is 0 Å². The predicted octanol–water partition coefficient (Wildman–Crippen LogP) is 11.0. The SMILES string of the molecule is CCCCc1cc(Oc2ccc3c4ccccc4n(-c4cc(F)ccn4)c3c2)cc(-n2nc(C)c([C@@H]3C(C)=CC(C)C[C@@H]3C)c2C)c1. The molecular weight excluding hydrogens is 583 g/mol. The zero-order chi connectivity index (χ0) is 32.8. The van der Waals surface area contributed by atoms with E-state index < -0.39 is 0 Å². The molecule has 3 aromatic carbocycles. The molecule has 1 unspecified atom stereocenters. The number of hydrogen-bond donors (Lipinski definition) is 0. The molecule has 0 N–H and O–H groups in total. The average Bonchev–Trinajstić information content (AvgIpc) is 3.52. The van der Waals surface area contributed by atoms with Crippen LogP contribution in [0, 0.1) is 31.5 Å². The van der Waals surface area contributed by atoms with Crippen molar-refractivity contribution in [2.45, 2.75) is 73.1 Å². The van der Waals surface area contributed by atoms with Crippen molar-refractivity contribution in [3.8, 4) is 23.0 Å². The van der Waals surface area contributed by atoms with Gasteiger partial charge in [-0.3, -0.25) is 4.57 Å². The van der Waals surface area contributed by atoms with Gasteiger partial charge in [0.15, 0.2) is 0 Å². The number of halogens is 1. The highest BCUT2D eigenvalue weighted by atomic mass is 19.1. The van der Waals surface area contributed by atoms with E-state index in [4.69, 9.17) is 9.84 Å². The van der Waals surface area contributed by atoms with E-state index in [0.717, 1.165) is 58.2 Å². The summed E-state index contributed by atoms with van der Waals surface area (Å²) in [4.78, 5) is 4.51. The summed E-state index contributed by atoms with van der Waals surface area (Å²) < 4.78 is 25.1. The molecule has 0 saturated carbocycles. The van der Waals surface area contributed by atoms with Gasteiger partial charge in [0.05, 0.1) is 22.4 Å². The molecule has 1 aliphatic carbocycles. The van der Waals surface area contributed by atoms with E-state index in [1.807, 2.05) is 34.9 Å². The third-order valence-corrected chi connectivity index (χ3v) is 9.84. The lowest BCUT2D eigenvalue weighted by molar-refractivity contribution is 0.390. The van der Waals surface area contributed by atoms with Gasteiger partial charge in [-0.05, 0) is 93.8 Å². The maximum atomic E-state index is 14.4. The van der Waals surface area contributed by atoms with Crippen LogP contribution in [0.5, 0.6) is 11.5 Å². The van der Waals surface area contributed by atoms with Crippen LogP contribution >= 0.6 is 0 Å². The van der Waals surface area contributed by atoms with Crippen molar-refractivity contribution in [3.05, 3.63) is 119 Å². The molecule has 6 heteroatoms. The van der Waals surface area contributed by atoms with Crippen LogP contribution in [0.15, 0.2) is 90.6 Å². The van der Waals surface area contributed by atoms with Gasteiger partial charge in [0.2, 0.25) is 0 Å². The first-order valence-corrected chi connectivity index (χ1v) is 16.9.